The zero-order valence-electron chi connectivity index (χ0n) is 8.42. The van der Waals surface area contributed by atoms with E-state index in [4.69, 9.17) is 9.84 Å². The van der Waals surface area contributed by atoms with Crippen LogP contribution in [0.5, 0.6) is 0 Å². The van der Waals surface area contributed by atoms with Crippen LogP contribution in [0.1, 0.15) is 25.7 Å². The Morgan fingerprint density at radius 1 is 1.64 bits per heavy atom. The number of ether oxygens (including phenoxy) is 1. The highest BCUT2D eigenvalue weighted by Gasteiger charge is 2.33. The van der Waals surface area contributed by atoms with Gasteiger partial charge in [0.05, 0.1) is 18.8 Å². The summed E-state index contributed by atoms with van der Waals surface area (Å²) in [5.41, 5.74) is 0. The van der Waals surface area contributed by atoms with Gasteiger partial charge in [0.1, 0.15) is 12.9 Å². The van der Waals surface area contributed by atoms with Crippen molar-refractivity contribution in [2.75, 3.05) is 6.61 Å². The van der Waals surface area contributed by atoms with E-state index >= 15 is 0 Å². The molecule has 0 aliphatic carbocycles. The number of hydrogen-bond donors (Lipinski definition) is 1. The first-order chi connectivity index (χ1) is 6.74. The van der Waals surface area contributed by atoms with E-state index in [1.54, 1.807) is 6.33 Å². The molecular formula is C9H15N3O2. The van der Waals surface area contributed by atoms with Crippen molar-refractivity contribution >= 4 is 0 Å². The lowest BCUT2D eigenvalue weighted by Gasteiger charge is -2.17. The van der Waals surface area contributed by atoms with E-state index in [2.05, 4.69) is 24.0 Å². The lowest BCUT2D eigenvalue weighted by molar-refractivity contribution is 0.108. The van der Waals surface area contributed by atoms with Crippen LogP contribution in [0.2, 0.25) is 0 Å². The Kier molecular flexibility index (Phi) is 2.52. The summed E-state index contributed by atoms with van der Waals surface area (Å²) >= 11 is 0. The predicted octanol–water partition coefficient (Wildman–Crippen LogP) is 0.366. The molecule has 78 valence electrons. The van der Waals surface area contributed by atoms with Crippen LogP contribution in [0.3, 0.4) is 0 Å². The van der Waals surface area contributed by atoms with Crippen molar-refractivity contribution < 1.29 is 9.84 Å². The van der Waals surface area contributed by atoms with Crippen LogP contribution in [0.15, 0.2) is 6.33 Å². The highest BCUT2D eigenvalue weighted by Crippen LogP contribution is 2.30. The number of aliphatic hydroxyl groups excluding tert-OH is 1. The second-order valence-corrected chi connectivity index (χ2v) is 3.78. The van der Waals surface area contributed by atoms with Crippen LogP contribution in [0, 0.1) is 5.92 Å². The van der Waals surface area contributed by atoms with Gasteiger partial charge in [0, 0.05) is 5.92 Å². The maximum atomic E-state index is 9.06. The monoisotopic (exact) mass is 197 g/mol. The van der Waals surface area contributed by atoms with Gasteiger partial charge in [0.15, 0.2) is 5.82 Å². The van der Waals surface area contributed by atoms with E-state index in [1.807, 2.05) is 4.57 Å². The molecule has 2 rings (SSSR count). The van der Waals surface area contributed by atoms with Crippen LogP contribution in [-0.2, 0) is 11.3 Å². The maximum Gasteiger partial charge on any atom is 0.158 e. The van der Waals surface area contributed by atoms with Gasteiger partial charge < -0.3 is 14.4 Å². The lowest BCUT2D eigenvalue weighted by Crippen LogP contribution is -2.19. The zero-order valence-corrected chi connectivity index (χ0v) is 8.42. The number of rotatable bonds is 2. The molecule has 1 N–H and O–H groups in total. The fourth-order valence-electron chi connectivity index (χ4n) is 1.86. The average Bonchev–Trinajstić information content (AvgIpc) is 2.75. The molecule has 0 bridgehead atoms. The minimum atomic E-state index is -0.0718. The van der Waals surface area contributed by atoms with Crippen molar-refractivity contribution in [2.45, 2.75) is 32.6 Å². The smallest absolute Gasteiger partial charge is 0.158 e. The third-order valence-corrected chi connectivity index (χ3v) is 3.02. The van der Waals surface area contributed by atoms with Crippen LogP contribution in [0.25, 0.3) is 0 Å². The average molecular weight is 197 g/mol. The van der Waals surface area contributed by atoms with Gasteiger partial charge in [-0.25, -0.2) is 0 Å². The predicted molar refractivity (Wildman–Crippen MR) is 49.6 cm³/mol. The van der Waals surface area contributed by atoms with Gasteiger partial charge in [0.2, 0.25) is 0 Å². The molecule has 2 heterocycles. The van der Waals surface area contributed by atoms with Gasteiger partial charge in [-0.1, -0.05) is 6.92 Å². The fourth-order valence-corrected chi connectivity index (χ4v) is 1.86. The van der Waals surface area contributed by atoms with Crippen LogP contribution in [0.4, 0.5) is 0 Å². The molecule has 0 spiro atoms. The first-order valence-corrected chi connectivity index (χ1v) is 4.85. The number of nitrogens with zero attached hydrogens (tertiary/aromatic N) is 3. The molecule has 1 saturated heterocycles. The molecule has 5 heteroatoms. The van der Waals surface area contributed by atoms with Gasteiger partial charge in [-0.15, -0.1) is 10.2 Å². The Morgan fingerprint density at radius 3 is 3.00 bits per heavy atom. The Labute approximate surface area is 82.7 Å². The summed E-state index contributed by atoms with van der Waals surface area (Å²) in [4.78, 5) is 0. The van der Waals surface area contributed by atoms with E-state index in [9.17, 15) is 0 Å². The molecule has 1 aliphatic rings. The summed E-state index contributed by atoms with van der Waals surface area (Å²) in [6, 6.07) is 0.252. The van der Waals surface area contributed by atoms with Crippen molar-refractivity contribution in [3.05, 3.63) is 12.2 Å². The van der Waals surface area contributed by atoms with Crippen molar-refractivity contribution in [3.8, 4) is 0 Å². The van der Waals surface area contributed by atoms with E-state index in [1.165, 1.54) is 0 Å². The Morgan fingerprint density at radius 2 is 2.43 bits per heavy atom. The normalized spacial score (nSPS) is 32.4. The molecule has 1 aromatic rings. The Hall–Kier alpha value is -0.940. The second-order valence-electron chi connectivity index (χ2n) is 3.78. The van der Waals surface area contributed by atoms with Crippen molar-refractivity contribution in [3.63, 3.8) is 0 Å². The second kappa shape index (κ2) is 3.67. The zero-order chi connectivity index (χ0) is 10.1. The summed E-state index contributed by atoms with van der Waals surface area (Å²) in [5, 5.41) is 16.7. The van der Waals surface area contributed by atoms with Gasteiger partial charge in [-0.05, 0) is 6.92 Å². The summed E-state index contributed by atoms with van der Waals surface area (Å²) in [5.74, 6) is 1.04. The van der Waals surface area contributed by atoms with Gasteiger partial charge in [-0.2, -0.15) is 0 Å². The summed E-state index contributed by atoms with van der Waals surface area (Å²) in [6.45, 7) is 4.81. The minimum absolute atomic E-state index is 0.0718. The Balaban J connectivity index is 2.23. The first kappa shape index (κ1) is 9.61. The minimum Gasteiger partial charge on any atom is -0.388 e. The molecule has 5 nitrogen and oxygen atoms in total. The van der Waals surface area contributed by atoms with Gasteiger partial charge >= 0.3 is 0 Å². The molecule has 0 radical (unpaired) electrons. The summed E-state index contributed by atoms with van der Waals surface area (Å²) in [6.07, 6.45) is 1.92. The third-order valence-electron chi connectivity index (χ3n) is 3.02. The van der Waals surface area contributed by atoms with Crippen molar-refractivity contribution in [1.82, 2.24) is 14.8 Å². The van der Waals surface area contributed by atoms with Crippen molar-refractivity contribution in [1.29, 1.82) is 0 Å². The standard InChI is InChI=1S/C9H15N3O2/c1-6-7(2)14-4-8(6)12-5-10-11-9(12)3-13/h5-8,13H,3-4H2,1-2H3. The maximum absolute atomic E-state index is 9.06. The summed E-state index contributed by atoms with van der Waals surface area (Å²) < 4.78 is 7.45. The largest absolute Gasteiger partial charge is 0.388 e. The lowest BCUT2D eigenvalue weighted by atomic mass is 10.0. The topological polar surface area (TPSA) is 60.2 Å². The molecule has 1 aliphatic heterocycles. The molecule has 14 heavy (non-hydrogen) atoms. The van der Waals surface area contributed by atoms with E-state index in [0.717, 1.165) is 0 Å². The molecule has 0 aromatic carbocycles. The number of hydrogen-bond acceptors (Lipinski definition) is 4. The first-order valence-electron chi connectivity index (χ1n) is 4.85. The van der Waals surface area contributed by atoms with E-state index in [0.29, 0.717) is 18.3 Å². The molecule has 3 atom stereocenters. The highest BCUT2D eigenvalue weighted by atomic mass is 16.5. The quantitative estimate of drug-likeness (QED) is 0.744. The number of aliphatic hydroxyl groups is 1. The fraction of sp³-hybridized carbons (Fsp3) is 0.778. The van der Waals surface area contributed by atoms with Gasteiger partial charge in [-0.3, -0.25) is 0 Å². The molecule has 0 saturated carbocycles. The van der Waals surface area contributed by atoms with E-state index in [-0.39, 0.29) is 18.8 Å². The molecule has 0 amide bonds. The van der Waals surface area contributed by atoms with Crippen LogP contribution < -0.4 is 0 Å². The SMILES string of the molecule is CC1OCC(n2cnnc2CO)C1C. The van der Waals surface area contributed by atoms with Crippen molar-refractivity contribution in [2.24, 2.45) is 5.92 Å². The molecule has 1 aromatic heterocycles. The summed E-state index contributed by atoms with van der Waals surface area (Å²) in [7, 11) is 0. The number of aromatic nitrogens is 3. The highest BCUT2D eigenvalue weighted by molar-refractivity contribution is 4.92. The molecule has 3 unspecified atom stereocenters. The molecular weight excluding hydrogens is 182 g/mol. The molecule has 1 fully saturated rings. The van der Waals surface area contributed by atoms with Gasteiger partial charge in [0.25, 0.3) is 0 Å². The Bertz CT molecular complexity index is 313. The van der Waals surface area contributed by atoms with Crippen LogP contribution in [-0.4, -0.2) is 32.6 Å². The van der Waals surface area contributed by atoms with E-state index < -0.39 is 0 Å². The van der Waals surface area contributed by atoms with Crippen LogP contribution >= 0.6 is 0 Å². The third kappa shape index (κ3) is 1.42.